The third-order valence-corrected chi connectivity index (χ3v) is 1.06. The number of H-pyrrole nitrogens is 1. The maximum absolute atomic E-state index is 3.99. The minimum atomic E-state index is 0.995. The van der Waals surface area contributed by atoms with Crippen LogP contribution >= 0.6 is 0 Å². The SMILES string of the molecule is CC=Cc1cc(C)[nH]n1. The van der Waals surface area contributed by atoms with Crippen LogP contribution in [0, 0.1) is 6.92 Å². The van der Waals surface area contributed by atoms with E-state index >= 15 is 0 Å². The van der Waals surface area contributed by atoms with Crippen molar-refractivity contribution in [2.45, 2.75) is 13.8 Å². The molecule has 9 heavy (non-hydrogen) atoms. The molecule has 0 spiro atoms. The summed E-state index contributed by atoms with van der Waals surface area (Å²) in [5.41, 5.74) is 2.10. The zero-order chi connectivity index (χ0) is 6.69. The van der Waals surface area contributed by atoms with Crippen LogP contribution in [0.4, 0.5) is 0 Å². The lowest BCUT2D eigenvalue weighted by molar-refractivity contribution is 1.04. The largest absolute Gasteiger partial charge is 0.282 e. The van der Waals surface area contributed by atoms with Crippen LogP contribution in [0.5, 0.6) is 0 Å². The molecule has 0 aliphatic carbocycles. The summed E-state index contributed by atoms with van der Waals surface area (Å²) in [6, 6.07) is 2.00. The molecule has 1 aromatic rings. The monoisotopic (exact) mass is 122 g/mol. The van der Waals surface area contributed by atoms with Crippen molar-refractivity contribution in [1.29, 1.82) is 0 Å². The minimum absolute atomic E-state index is 0.995. The lowest BCUT2D eigenvalue weighted by atomic mass is 10.3. The van der Waals surface area contributed by atoms with Gasteiger partial charge in [-0.1, -0.05) is 6.08 Å². The number of allylic oxidation sites excluding steroid dienone is 1. The topological polar surface area (TPSA) is 28.7 Å². The molecule has 0 atom stereocenters. The maximum Gasteiger partial charge on any atom is 0.0847 e. The van der Waals surface area contributed by atoms with E-state index in [9.17, 15) is 0 Å². The maximum atomic E-state index is 3.99. The normalized spacial score (nSPS) is 10.9. The van der Waals surface area contributed by atoms with Crippen LogP contribution in [-0.2, 0) is 0 Å². The van der Waals surface area contributed by atoms with Gasteiger partial charge in [0.2, 0.25) is 0 Å². The van der Waals surface area contributed by atoms with Gasteiger partial charge in [0.05, 0.1) is 5.69 Å². The highest BCUT2D eigenvalue weighted by Gasteiger charge is 1.88. The van der Waals surface area contributed by atoms with E-state index in [1.807, 2.05) is 32.1 Å². The van der Waals surface area contributed by atoms with Crippen LogP contribution in [0.25, 0.3) is 6.08 Å². The fourth-order valence-corrected chi connectivity index (χ4v) is 0.695. The molecule has 0 saturated heterocycles. The van der Waals surface area contributed by atoms with Crippen LogP contribution in [-0.4, -0.2) is 10.2 Å². The molecule has 2 nitrogen and oxygen atoms in total. The van der Waals surface area contributed by atoms with Gasteiger partial charge in [-0.15, -0.1) is 0 Å². The van der Waals surface area contributed by atoms with Crippen LogP contribution in [0.3, 0.4) is 0 Å². The summed E-state index contributed by atoms with van der Waals surface area (Å²) >= 11 is 0. The van der Waals surface area contributed by atoms with Crippen LogP contribution < -0.4 is 0 Å². The molecule has 0 aliphatic heterocycles. The fraction of sp³-hybridized carbons (Fsp3) is 0.286. The van der Waals surface area contributed by atoms with Crippen molar-refractivity contribution in [2.24, 2.45) is 0 Å². The standard InChI is InChI=1S/C7H10N2/c1-3-4-7-5-6(2)8-9-7/h3-5H,1-2H3,(H,8,9). The van der Waals surface area contributed by atoms with Crippen molar-refractivity contribution in [2.75, 3.05) is 0 Å². The number of hydrogen-bond acceptors (Lipinski definition) is 1. The summed E-state index contributed by atoms with van der Waals surface area (Å²) in [5.74, 6) is 0. The Morgan fingerprint density at radius 1 is 1.67 bits per heavy atom. The zero-order valence-electron chi connectivity index (χ0n) is 5.68. The second-order valence-electron chi connectivity index (χ2n) is 1.98. The van der Waals surface area contributed by atoms with E-state index in [1.54, 1.807) is 0 Å². The summed E-state index contributed by atoms with van der Waals surface area (Å²) in [4.78, 5) is 0. The van der Waals surface area contributed by atoms with Gasteiger partial charge in [0, 0.05) is 5.69 Å². The highest BCUT2D eigenvalue weighted by molar-refractivity contribution is 5.43. The second-order valence-corrected chi connectivity index (χ2v) is 1.98. The lowest BCUT2D eigenvalue weighted by Gasteiger charge is -1.74. The van der Waals surface area contributed by atoms with Gasteiger partial charge in [0.1, 0.15) is 0 Å². The van der Waals surface area contributed by atoms with E-state index in [2.05, 4.69) is 10.2 Å². The van der Waals surface area contributed by atoms with Crippen molar-refractivity contribution < 1.29 is 0 Å². The fourth-order valence-electron chi connectivity index (χ4n) is 0.695. The van der Waals surface area contributed by atoms with E-state index in [1.165, 1.54) is 0 Å². The molecule has 2 heteroatoms. The molecule has 0 amide bonds. The van der Waals surface area contributed by atoms with Gasteiger partial charge in [0.15, 0.2) is 0 Å². The molecule has 0 aromatic carbocycles. The van der Waals surface area contributed by atoms with Crippen LogP contribution in [0.15, 0.2) is 12.1 Å². The number of aromatic amines is 1. The van der Waals surface area contributed by atoms with E-state index in [4.69, 9.17) is 0 Å². The number of rotatable bonds is 1. The van der Waals surface area contributed by atoms with Crippen LogP contribution in [0.2, 0.25) is 0 Å². The Morgan fingerprint density at radius 3 is 2.89 bits per heavy atom. The van der Waals surface area contributed by atoms with Crippen molar-refractivity contribution >= 4 is 6.08 Å². The zero-order valence-corrected chi connectivity index (χ0v) is 5.68. The minimum Gasteiger partial charge on any atom is -0.282 e. The number of hydrogen-bond donors (Lipinski definition) is 1. The first-order valence-corrected chi connectivity index (χ1v) is 2.97. The molecule has 1 N–H and O–H groups in total. The average Bonchev–Trinajstić information content (AvgIpc) is 2.17. The molecule has 1 rings (SSSR count). The number of aromatic nitrogens is 2. The summed E-state index contributed by atoms with van der Waals surface area (Å²) in [6.07, 6.45) is 3.93. The summed E-state index contributed by atoms with van der Waals surface area (Å²) in [6.45, 7) is 3.96. The van der Waals surface area contributed by atoms with E-state index < -0.39 is 0 Å². The molecule has 0 fully saturated rings. The number of nitrogens with one attached hydrogen (secondary N) is 1. The van der Waals surface area contributed by atoms with Gasteiger partial charge in [-0.3, -0.25) is 5.10 Å². The third-order valence-electron chi connectivity index (χ3n) is 1.06. The Bertz CT molecular complexity index is 210. The summed E-state index contributed by atoms with van der Waals surface area (Å²) in [5, 5.41) is 6.85. The summed E-state index contributed by atoms with van der Waals surface area (Å²) < 4.78 is 0. The molecule has 0 saturated carbocycles. The Balaban J connectivity index is 2.85. The van der Waals surface area contributed by atoms with Gasteiger partial charge < -0.3 is 0 Å². The van der Waals surface area contributed by atoms with E-state index in [-0.39, 0.29) is 0 Å². The smallest absolute Gasteiger partial charge is 0.0847 e. The highest BCUT2D eigenvalue weighted by atomic mass is 15.1. The average molecular weight is 122 g/mol. The van der Waals surface area contributed by atoms with Gasteiger partial charge in [0.25, 0.3) is 0 Å². The third kappa shape index (κ3) is 1.42. The van der Waals surface area contributed by atoms with E-state index in [0.717, 1.165) is 11.4 Å². The number of aryl methyl sites for hydroxylation is 1. The second kappa shape index (κ2) is 2.49. The quantitative estimate of drug-likeness (QED) is 0.604. The van der Waals surface area contributed by atoms with Gasteiger partial charge in [-0.25, -0.2) is 0 Å². The molecule has 1 aromatic heterocycles. The van der Waals surface area contributed by atoms with Crippen molar-refractivity contribution in [1.82, 2.24) is 10.2 Å². The predicted octanol–water partition coefficient (Wildman–Crippen LogP) is 1.75. The first-order valence-electron chi connectivity index (χ1n) is 2.97. The Morgan fingerprint density at radius 2 is 2.44 bits per heavy atom. The highest BCUT2D eigenvalue weighted by Crippen LogP contribution is 1.98. The molecule has 48 valence electrons. The molecule has 0 bridgehead atoms. The van der Waals surface area contributed by atoms with Crippen molar-refractivity contribution in [3.05, 3.63) is 23.5 Å². The van der Waals surface area contributed by atoms with Crippen LogP contribution in [0.1, 0.15) is 18.3 Å². The molecule has 0 aliphatic rings. The first-order chi connectivity index (χ1) is 4.33. The summed E-state index contributed by atoms with van der Waals surface area (Å²) in [7, 11) is 0. The Hall–Kier alpha value is -1.05. The van der Waals surface area contributed by atoms with Crippen molar-refractivity contribution in [3.63, 3.8) is 0 Å². The molecular formula is C7H10N2. The molecule has 0 unspecified atom stereocenters. The van der Waals surface area contributed by atoms with Gasteiger partial charge in [-0.2, -0.15) is 5.10 Å². The molecule has 0 radical (unpaired) electrons. The molecular weight excluding hydrogens is 112 g/mol. The van der Waals surface area contributed by atoms with Gasteiger partial charge >= 0.3 is 0 Å². The lowest BCUT2D eigenvalue weighted by Crippen LogP contribution is -1.69. The predicted molar refractivity (Wildman–Crippen MR) is 38.0 cm³/mol. The Labute approximate surface area is 54.6 Å². The Kier molecular flexibility index (Phi) is 1.68. The number of nitrogens with zero attached hydrogens (tertiary/aromatic N) is 1. The van der Waals surface area contributed by atoms with E-state index in [0.29, 0.717) is 0 Å². The molecule has 1 heterocycles. The first kappa shape index (κ1) is 6.08. The van der Waals surface area contributed by atoms with Gasteiger partial charge in [-0.05, 0) is 26.0 Å². The van der Waals surface area contributed by atoms with Crippen molar-refractivity contribution in [3.8, 4) is 0 Å².